The van der Waals surface area contributed by atoms with Gasteiger partial charge in [-0.25, -0.2) is 4.98 Å². The fourth-order valence-electron chi connectivity index (χ4n) is 9.56. The molecule has 0 radical (unpaired) electrons. The Labute approximate surface area is 357 Å². The van der Waals surface area contributed by atoms with Crippen molar-refractivity contribution in [3.8, 4) is 11.6 Å². The highest BCUT2D eigenvalue weighted by molar-refractivity contribution is 5.73. The summed E-state index contributed by atoms with van der Waals surface area (Å²) in [5, 5.41) is 50.7. The number of nitrogens with zero attached hydrogens (tertiary/aromatic N) is 2. The van der Waals surface area contributed by atoms with Crippen LogP contribution in [-0.2, 0) is 33.2 Å². The number of methoxy groups -OCH3 is 2. The number of carbonyl (C=O) groups is 1. The normalized spacial score (nSPS) is 44.3. The Morgan fingerprint density at radius 1 is 0.967 bits per heavy atom. The average Bonchev–Trinajstić information content (AvgIpc) is 3.19. The predicted molar refractivity (Wildman–Crippen MR) is 223 cm³/mol. The number of hydrogen-bond acceptors (Lipinski definition) is 16. The summed E-state index contributed by atoms with van der Waals surface area (Å²) in [6.45, 7) is 20.1. The van der Waals surface area contributed by atoms with Crippen molar-refractivity contribution in [2.24, 2.45) is 17.8 Å². The van der Waals surface area contributed by atoms with Gasteiger partial charge in [-0.3, -0.25) is 4.79 Å². The Kier molecular flexibility index (Phi) is 17.2. The lowest BCUT2D eigenvalue weighted by molar-refractivity contribution is -0.314. The van der Waals surface area contributed by atoms with Gasteiger partial charge in [0.05, 0.1) is 60.4 Å². The van der Waals surface area contributed by atoms with Gasteiger partial charge in [0, 0.05) is 38.1 Å². The third-order valence-corrected chi connectivity index (χ3v) is 13.4. The molecule has 0 bridgehead atoms. The molecule has 16 heteroatoms. The van der Waals surface area contributed by atoms with Crippen LogP contribution in [0.15, 0.2) is 12.1 Å². The molecule has 0 amide bonds. The maximum atomic E-state index is 14.4. The molecule has 0 aliphatic carbocycles. The molecular formula is C44H77N3O13. The van der Waals surface area contributed by atoms with Gasteiger partial charge in [0.1, 0.15) is 29.7 Å². The van der Waals surface area contributed by atoms with Crippen LogP contribution in [0.2, 0.25) is 0 Å². The molecule has 16 nitrogen and oxygen atoms in total. The van der Waals surface area contributed by atoms with E-state index in [1.807, 2.05) is 53.6 Å². The Morgan fingerprint density at radius 2 is 1.63 bits per heavy atom. The van der Waals surface area contributed by atoms with Crippen LogP contribution in [0.4, 0.5) is 0 Å². The van der Waals surface area contributed by atoms with Crippen LogP contribution < -0.4 is 14.8 Å². The van der Waals surface area contributed by atoms with Crippen molar-refractivity contribution < 1.29 is 63.1 Å². The van der Waals surface area contributed by atoms with Crippen LogP contribution in [0.1, 0.15) is 101 Å². The summed E-state index contributed by atoms with van der Waals surface area (Å²) in [6.07, 6.45) is -7.89. The number of aliphatic hydroxyl groups is 4. The van der Waals surface area contributed by atoms with Crippen molar-refractivity contribution in [3.63, 3.8) is 0 Å². The number of cyclic esters (lactones) is 1. The van der Waals surface area contributed by atoms with Crippen LogP contribution in [0.25, 0.3) is 0 Å². The second-order valence-corrected chi connectivity index (χ2v) is 18.6. The zero-order chi connectivity index (χ0) is 45.1. The number of rotatable bonds is 10. The quantitative estimate of drug-likeness (QED) is 0.215. The number of nitrogens with one attached hydrogen (secondary N) is 1. The molecular weight excluding hydrogens is 778 g/mol. The largest absolute Gasteiger partial charge is 0.482 e. The van der Waals surface area contributed by atoms with Crippen molar-refractivity contribution in [3.05, 3.63) is 17.8 Å². The van der Waals surface area contributed by atoms with E-state index in [2.05, 4.69) is 10.3 Å². The number of aryl methyl sites for hydroxylation is 1. The van der Waals surface area contributed by atoms with E-state index in [1.165, 1.54) is 14.0 Å². The van der Waals surface area contributed by atoms with Crippen LogP contribution >= 0.6 is 0 Å². The Morgan fingerprint density at radius 3 is 2.22 bits per heavy atom. The van der Waals surface area contributed by atoms with Crippen molar-refractivity contribution in [2.45, 2.75) is 192 Å². The fourth-order valence-corrected chi connectivity index (χ4v) is 9.56. The van der Waals surface area contributed by atoms with Crippen molar-refractivity contribution in [1.29, 1.82) is 0 Å². The minimum absolute atomic E-state index is 0.125. The highest BCUT2D eigenvalue weighted by Gasteiger charge is 2.53. The van der Waals surface area contributed by atoms with Crippen LogP contribution in [0.3, 0.4) is 0 Å². The van der Waals surface area contributed by atoms with Gasteiger partial charge in [-0.15, -0.1) is 0 Å². The Hall–Kier alpha value is -2.22. The van der Waals surface area contributed by atoms with E-state index in [1.54, 1.807) is 53.9 Å². The van der Waals surface area contributed by atoms with E-state index in [0.29, 0.717) is 30.3 Å². The van der Waals surface area contributed by atoms with Crippen LogP contribution in [-0.4, -0.2) is 161 Å². The lowest BCUT2D eigenvalue weighted by Crippen LogP contribution is -2.61. The van der Waals surface area contributed by atoms with E-state index in [0.717, 1.165) is 0 Å². The summed E-state index contributed by atoms with van der Waals surface area (Å²) < 4.78 is 50.7. The van der Waals surface area contributed by atoms with Gasteiger partial charge in [0.15, 0.2) is 18.7 Å². The van der Waals surface area contributed by atoms with E-state index in [9.17, 15) is 25.2 Å². The lowest BCUT2D eigenvalue weighted by atomic mass is 9.77. The number of carbonyl (C=O) groups excluding carboxylic acids is 1. The zero-order valence-electron chi connectivity index (χ0n) is 38.7. The minimum Gasteiger partial charge on any atom is -0.482 e. The van der Waals surface area contributed by atoms with Crippen molar-refractivity contribution in [1.82, 2.24) is 15.2 Å². The van der Waals surface area contributed by atoms with Crippen molar-refractivity contribution >= 4 is 5.97 Å². The average molecular weight is 856 g/mol. The molecule has 4 heterocycles. The molecule has 0 spiro atoms. The third-order valence-electron chi connectivity index (χ3n) is 13.4. The SMILES string of the molecule is CCC1OC(=O)C(C)C(O[C@H]2C[C@@](C)(OC)[C@@H](O)[C@H](C)O2)C(C)C(O[C@@H]2O[C@H](C)C[C@H](NC)[C@H]2Oc2ccc(OC)nc2C)C(C)(O)CC(C)CN(C)C(C)C(O)C1(C)O. The van der Waals surface area contributed by atoms with Gasteiger partial charge in [0.2, 0.25) is 5.88 Å². The molecule has 4 rings (SSSR count). The lowest BCUT2D eigenvalue weighted by Gasteiger charge is -2.48. The highest BCUT2D eigenvalue weighted by Crippen LogP contribution is 2.40. The molecule has 1 aromatic rings. The number of pyridine rings is 1. The highest BCUT2D eigenvalue weighted by atomic mass is 16.7. The summed E-state index contributed by atoms with van der Waals surface area (Å²) in [4.78, 5) is 20.9. The van der Waals surface area contributed by atoms with Gasteiger partial charge in [-0.2, -0.15) is 0 Å². The molecule has 60 heavy (non-hydrogen) atoms. The monoisotopic (exact) mass is 856 g/mol. The zero-order valence-corrected chi connectivity index (χ0v) is 38.7. The van der Waals surface area contributed by atoms with Gasteiger partial charge in [-0.05, 0) is 101 Å². The maximum absolute atomic E-state index is 14.4. The first kappa shape index (κ1) is 50.4. The van der Waals surface area contributed by atoms with E-state index < -0.39 is 96.0 Å². The van der Waals surface area contributed by atoms with E-state index in [4.69, 9.17) is 37.9 Å². The summed E-state index contributed by atoms with van der Waals surface area (Å²) in [5.74, 6) is -1.68. The Balaban J connectivity index is 1.86. The van der Waals surface area contributed by atoms with Gasteiger partial charge >= 0.3 is 5.97 Å². The van der Waals surface area contributed by atoms with Crippen molar-refractivity contribution in [2.75, 3.05) is 34.9 Å². The summed E-state index contributed by atoms with van der Waals surface area (Å²) in [6, 6.07) is 2.72. The summed E-state index contributed by atoms with van der Waals surface area (Å²) in [5.41, 5.74) is -3.83. The molecule has 3 fully saturated rings. The molecule has 1 aromatic heterocycles. The number of likely N-dealkylation sites (N-methyl/N-ethyl adjacent to an activating group) is 2. The van der Waals surface area contributed by atoms with Gasteiger partial charge < -0.3 is 68.5 Å². The second-order valence-electron chi connectivity index (χ2n) is 18.6. The first-order valence-corrected chi connectivity index (χ1v) is 21.7. The topological polar surface area (TPSA) is 200 Å². The second kappa shape index (κ2) is 20.5. The number of aliphatic hydroxyl groups excluding tert-OH is 2. The van der Waals surface area contributed by atoms with Gasteiger partial charge in [-0.1, -0.05) is 20.8 Å². The van der Waals surface area contributed by atoms with E-state index in [-0.39, 0.29) is 37.3 Å². The molecule has 3 saturated heterocycles. The number of ether oxygens (including phenoxy) is 8. The molecule has 3 aliphatic heterocycles. The fraction of sp³-hybridized carbons (Fsp3) is 0.864. The van der Waals surface area contributed by atoms with Crippen LogP contribution in [0.5, 0.6) is 11.6 Å². The summed E-state index contributed by atoms with van der Waals surface area (Å²) in [7, 11) is 6.77. The first-order valence-electron chi connectivity index (χ1n) is 21.7. The molecule has 18 atom stereocenters. The molecule has 10 unspecified atom stereocenters. The summed E-state index contributed by atoms with van der Waals surface area (Å²) >= 11 is 0. The number of esters is 1. The maximum Gasteiger partial charge on any atom is 0.311 e. The minimum atomic E-state index is -1.82. The number of aromatic nitrogens is 1. The molecule has 346 valence electrons. The molecule has 0 saturated carbocycles. The third kappa shape index (κ3) is 11.3. The van der Waals surface area contributed by atoms with Crippen LogP contribution in [0, 0.1) is 24.7 Å². The molecule has 0 aromatic carbocycles. The van der Waals surface area contributed by atoms with Gasteiger partial charge in [0.25, 0.3) is 0 Å². The molecule has 5 N–H and O–H groups in total. The smallest absolute Gasteiger partial charge is 0.311 e. The van der Waals surface area contributed by atoms with E-state index >= 15 is 0 Å². The Bertz CT molecular complexity index is 1540. The molecule has 3 aliphatic rings. The standard InChI is InChI=1S/C44H77N3O13/c1-16-32-44(11,52)37(48)28(7)47(13)22-23(2)20-42(9,51)39(25(4)35(26(5)40(50)58-32)59-34-21-43(10,54-15)38(49)29(8)56-34)60-41-36(30(45-12)19-24(3)55-41)57-31-17-18-33(53-14)46-27(31)6/h17-18,23-26,28-30,32,34-39,41,45,48-49,51-52H,16,19-22H2,1-15H3/t23?,24-,25?,26?,28?,29+,30+,32?,34+,35?,36-,37?,38+,39?,41+,42?,43-,44?/m1/s1. The number of hydrogen-bond donors (Lipinski definition) is 5. The predicted octanol–water partition coefficient (Wildman–Crippen LogP) is 3.36. The first-order chi connectivity index (χ1) is 27.9.